The van der Waals surface area contributed by atoms with Crippen molar-refractivity contribution in [3.8, 4) is 11.5 Å². The second kappa shape index (κ2) is 9.63. The standard InChI is InChI=1S/C18H16ClF3N2O6/c1-10(29-9-17(25)26)8-23-14-7-12(3-4-15(14)24(27)28)30-16-5-2-11(6-13(16)19)18(20,21)22/h2-7,10,23H,8-9H2,1H3,(H,25,26). The maximum atomic E-state index is 12.7. The van der Waals surface area contributed by atoms with E-state index in [0.29, 0.717) is 6.07 Å². The van der Waals surface area contributed by atoms with Crippen LogP contribution < -0.4 is 10.1 Å². The second-order valence-electron chi connectivity index (χ2n) is 6.08. The van der Waals surface area contributed by atoms with Crippen LogP contribution in [0.25, 0.3) is 0 Å². The molecule has 12 heteroatoms. The molecular weight excluding hydrogens is 433 g/mol. The number of nitro groups is 1. The van der Waals surface area contributed by atoms with Crippen LogP contribution in [0.5, 0.6) is 11.5 Å². The molecule has 8 nitrogen and oxygen atoms in total. The van der Waals surface area contributed by atoms with Gasteiger partial charge in [0.2, 0.25) is 0 Å². The van der Waals surface area contributed by atoms with Crippen LogP contribution in [-0.4, -0.2) is 35.3 Å². The van der Waals surface area contributed by atoms with Crippen LogP contribution in [0.2, 0.25) is 5.02 Å². The van der Waals surface area contributed by atoms with E-state index in [9.17, 15) is 28.1 Å². The number of alkyl halides is 3. The molecular formula is C18H16ClF3N2O6. The molecule has 2 N–H and O–H groups in total. The Balaban J connectivity index is 2.19. The van der Waals surface area contributed by atoms with Gasteiger partial charge in [0, 0.05) is 18.7 Å². The number of ether oxygens (including phenoxy) is 2. The molecule has 0 aliphatic heterocycles. The number of anilines is 1. The van der Waals surface area contributed by atoms with E-state index in [1.165, 1.54) is 12.1 Å². The maximum absolute atomic E-state index is 12.7. The van der Waals surface area contributed by atoms with E-state index in [-0.39, 0.29) is 34.4 Å². The highest BCUT2D eigenvalue weighted by Gasteiger charge is 2.31. The third kappa shape index (κ3) is 6.49. The van der Waals surface area contributed by atoms with Gasteiger partial charge in [0.1, 0.15) is 23.8 Å². The Bertz CT molecular complexity index is 939. The summed E-state index contributed by atoms with van der Waals surface area (Å²) in [7, 11) is 0. The van der Waals surface area contributed by atoms with E-state index in [2.05, 4.69) is 5.32 Å². The Kier molecular flexibility index (Phi) is 7.46. The summed E-state index contributed by atoms with van der Waals surface area (Å²) in [5.74, 6) is -1.14. The van der Waals surface area contributed by atoms with Gasteiger partial charge in [-0.05, 0) is 31.2 Å². The number of halogens is 4. The largest absolute Gasteiger partial charge is 0.480 e. The molecule has 0 bridgehead atoms. The molecule has 0 amide bonds. The second-order valence-corrected chi connectivity index (χ2v) is 6.48. The molecule has 0 heterocycles. The van der Waals surface area contributed by atoms with E-state index in [4.69, 9.17) is 26.2 Å². The monoisotopic (exact) mass is 448 g/mol. The summed E-state index contributed by atoms with van der Waals surface area (Å²) < 4.78 is 48.7. The van der Waals surface area contributed by atoms with Gasteiger partial charge in [-0.3, -0.25) is 10.1 Å². The minimum atomic E-state index is -4.56. The lowest BCUT2D eigenvalue weighted by atomic mass is 10.2. The highest BCUT2D eigenvalue weighted by Crippen LogP contribution is 2.38. The van der Waals surface area contributed by atoms with Gasteiger partial charge in [-0.2, -0.15) is 13.2 Å². The van der Waals surface area contributed by atoms with Crippen molar-refractivity contribution in [1.29, 1.82) is 0 Å². The normalized spacial score (nSPS) is 12.3. The van der Waals surface area contributed by atoms with Gasteiger partial charge in [0.15, 0.2) is 0 Å². The fraction of sp³-hybridized carbons (Fsp3) is 0.278. The molecule has 0 radical (unpaired) electrons. The molecule has 30 heavy (non-hydrogen) atoms. The molecule has 0 saturated heterocycles. The predicted octanol–water partition coefficient (Wildman–Crippen LogP) is 4.96. The van der Waals surface area contributed by atoms with Gasteiger partial charge in [0.05, 0.1) is 21.6 Å². The number of nitrogens with one attached hydrogen (secondary N) is 1. The number of nitrogens with zero attached hydrogens (tertiary/aromatic N) is 1. The molecule has 2 aromatic carbocycles. The third-order valence-electron chi connectivity index (χ3n) is 3.72. The van der Waals surface area contributed by atoms with Crippen molar-refractivity contribution in [2.24, 2.45) is 0 Å². The lowest BCUT2D eigenvalue weighted by molar-refractivity contribution is -0.384. The number of hydrogen-bond donors (Lipinski definition) is 2. The number of carboxylic acids is 1. The Morgan fingerprint density at radius 3 is 2.57 bits per heavy atom. The Morgan fingerprint density at radius 2 is 2.00 bits per heavy atom. The van der Waals surface area contributed by atoms with E-state index < -0.39 is 35.3 Å². The average molecular weight is 449 g/mol. The molecule has 162 valence electrons. The zero-order valence-corrected chi connectivity index (χ0v) is 16.2. The SMILES string of the molecule is CC(CNc1cc(Oc2ccc(C(F)(F)F)cc2Cl)ccc1[N+](=O)[O-])OCC(=O)O. The molecule has 1 atom stereocenters. The molecule has 0 fully saturated rings. The lowest BCUT2D eigenvalue weighted by Gasteiger charge is -2.15. The van der Waals surface area contributed by atoms with Crippen molar-refractivity contribution in [1.82, 2.24) is 0 Å². The summed E-state index contributed by atoms with van der Waals surface area (Å²) in [5, 5.41) is 22.3. The van der Waals surface area contributed by atoms with Crippen LogP contribution in [-0.2, 0) is 15.7 Å². The number of carboxylic acid groups (broad SMARTS) is 1. The molecule has 0 aliphatic rings. The minimum absolute atomic E-state index is 0.0475. The first-order valence-corrected chi connectivity index (χ1v) is 8.75. The third-order valence-corrected chi connectivity index (χ3v) is 4.02. The minimum Gasteiger partial charge on any atom is -0.480 e. The van der Waals surface area contributed by atoms with Crippen LogP contribution in [0.3, 0.4) is 0 Å². The zero-order valence-electron chi connectivity index (χ0n) is 15.4. The van der Waals surface area contributed by atoms with Crippen LogP contribution in [0, 0.1) is 10.1 Å². The summed E-state index contributed by atoms with van der Waals surface area (Å²) >= 11 is 5.86. The highest BCUT2D eigenvalue weighted by molar-refractivity contribution is 6.32. The van der Waals surface area contributed by atoms with Crippen molar-refractivity contribution in [2.75, 3.05) is 18.5 Å². The number of benzene rings is 2. The highest BCUT2D eigenvalue weighted by atomic mass is 35.5. The first kappa shape index (κ1) is 23.2. The van der Waals surface area contributed by atoms with Crippen LogP contribution >= 0.6 is 11.6 Å². The van der Waals surface area contributed by atoms with Crippen molar-refractivity contribution in [2.45, 2.75) is 19.2 Å². The molecule has 2 rings (SSSR count). The Hall–Kier alpha value is -3.05. The van der Waals surface area contributed by atoms with Gasteiger partial charge in [-0.1, -0.05) is 11.6 Å². The fourth-order valence-electron chi connectivity index (χ4n) is 2.29. The zero-order chi connectivity index (χ0) is 22.5. The van der Waals surface area contributed by atoms with Crippen molar-refractivity contribution in [3.63, 3.8) is 0 Å². The van der Waals surface area contributed by atoms with E-state index in [1.807, 2.05) is 0 Å². The summed E-state index contributed by atoms with van der Waals surface area (Å²) in [5.41, 5.74) is -1.18. The number of carbonyl (C=O) groups is 1. The first-order chi connectivity index (χ1) is 14.0. The first-order valence-electron chi connectivity index (χ1n) is 8.37. The van der Waals surface area contributed by atoms with Crippen molar-refractivity contribution < 1.29 is 37.5 Å². The van der Waals surface area contributed by atoms with E-state index in [1.54, 1.807) is 6.92 Å². The molecule has 0 spiro atoms. The van der Waals surface area contributed by atoms with E-state index >= 15 is 0 Å². The average Bonchev–Trinajstić information content (AvgIpc) is 2.65. The summed E-state index contributed by atoms with van der Waals surface area (Å²) in [6.45, 7) is 1.10. The number of rotatable bonds is 9. The quantitative estimate of drug-likeness (QED) is 0.412. The predicted molar refractivity (Wildman–Crippen MR) is 101 cm³/mol. The van der Waals surface area contributed by atoms with Gasteiger partial charge in [-0.15, -0.1) is 0 Å². The smallest absolute Gasteiger partial charge is 0.416 e. The van der Waals surface area contributed by atoms with Gasteiger partial charge >= 0.3 is 12.1 Å². The van der Waals surface area contributed by atoms with Crippen LogP contribution in [0.4, 0.5) is 24.5 Å². The lowest BCUT2D eigenvalue weighted by Crippen LogP contribution is -2.23. The number of hydrogen-bond acceptors (Lipinski definition) is 6. The van der Waals surface area contributed by atoms with Gasteiger partial charge < -0.3 is 19.9 Å². The Labute approximate surface area is 173 Å². The van der Waals surface area contributed by atoms with E-state index in [0.717, 1.165) is 18.2 Å². The maximum Gasteiger partial charge on any atom is 0.416 e. The van der Waals surface area contributed by atoms with Crippen LogP contribution in [0.1, 0.15) is 12.5 Å². The number of aliphatic carboxylic acids is 1. The van der Waals surface area contributed by atoms with Gasteiger partial charge in [0.25, 0.3) is 5.69 Å². The summed E-state index contributed by atoms with van der Waals surface area (Å²) in [4.78, 5) is 21.1. The Morgan fingerprint density at radius 1 is 1.30 bits per heavy atom. The summed E-state index contributed by atoms with van der Waals surface area (Å²) in [6, 6.07) is 6.24. The van der Waals surface area contributed by atoms with Crippen LogP contribution in [0.15, 0.2) is 36.4 Å². The number of nitro benzene ring substituents is 1. The van der Waals surface area contributed by atoms with Gasteiger partial charge in [-0.25, -0.2) is 4.79 Å². The van der Waals surface area contributed by atoms with Crippen molar-refractivity contribution in [3.05, 3.63) is 57.1 Å². The molecule has 0 saturated carbocycles. The topological polar surface area (TPSA) is 111 Å². The summed E-state index contributed by atoms with van der Waals surface area (Å²) in [6.07, 6.45) is -5.14. The molecule has 0 aromatic heterocycles. The molecule has 0 aliphatic carbocycles. The fourth-order valence-corrected chi connectivity index (χ4v) is 2.51. The molecule has 1 unspecified atom stereocenters. The molecule has 2 aromatic rings. The van der Waals surface area contributed by atoms with Crippen molar-refractivity contribution >= 4 is 28.9 Å².